The molecule has 0 unspecified atom stereocenters. The van der Waals surface area contributed by atoms with Gasteiger partial charge in [-0.05, 0) is 12.1 Å². The second-order valence-corrected chi connectivity index (χ2v) is 2.80. The van der Waals surface area contributed by atoms with E-state index < -0.39 is 0 Å². The van der Waals surface area contributed by atoms with Crippen molar-refractivity contribution in [3.8, 4) is 0 Å². The number of nitrogens with zero attached hydrogens (tertiary/aromatic N) is 1. The topological polar surface area (TPSA) is 62.1 Å². The van der Waals surface area contributed by atoms with Crippen molar-refractivity contribution in [1.29, 1.82) is 0 Å². The first-order chi connectivity index (χ1) is 5.65. The molecular formula is C8H13N3O. The predicted octanol–water partition coefficient (Wildman–Crippen LogP) is 0.175. The molecule has 66 valence electrons. The van der Waals surface area contributed by atoms with Gasteiger partial charge in [0, 0.05) is 26.3 Å². The fraction of sp³-hybridized carbons (Fsp3) is 0.375. The van der Waals surface area contributed by atoms with E-state index in [1.165, 1.54) is 4.90 Å². The Kier molecular flexibility index (Phi) is 2.50. The minimum absolute atomic E-state index is 0.0327. The average Bonchev–Trinajstić information content (AvgIpc) is 2.50. The molecule has 0 saturated carbocycles. The SMILES string of the molecule is CN(C)C(=O)c1ccc(CN)[nH]1. The molecule has 3 N–H and O–H groups in total. The number of nitrogens with one attached hydrogen (secondary N) is 1. The zero-order valence-corrected chi connectivity index (χ0v) is 7.29. The summed E-state index contributed by atoms with van der Waals surface area (Å²) in [5, 5.41) is 0. The summed E-state index contributed by atoms with van der Waals surface area (Å²) in [5.41, 5.74) is 6.84. The van der Waals surface area contributed by atoms with Crippen molar-refractivity contribution in [2.24, 2.45) is 5.73 Å². The van der Waals surface area contributed by atoms with Crippen molar-refractivity contribution in [2.75, 3.05) is 14.1 Å². The maximum Gasteiger partial charge on any atom is 0.269 e. The Labute approximate surface area is 71.4 Å². The van der Waals surface area contributed by atoms with Gasteiger partial charge in [-0.1, -0.05) is 0 Å². The summed E-state index contributed by atoms with van der Waals surface area (Å²) in [7, 11) is 3.43. The van der Waals surface area contributed by atoms with Crippen LogP contribution in [0.2, 0.25) is 0 Å². The van der Waals surface area contributed by atoms with Gasteiger partial charge in [0.25, 0.3) is 5.91 Å². The summed E-state index contributed by atoms with van der Waals surface area (Å²) < 4.78 is 0. The molecule has 0 radical (unpaired) electrons. The van der Waals surface area contributed by atoms with Gasteiger partial charge in [-0.2, -0.15) is 0 Å². The Morgan fingerprint density at radius 3 is 2.67 bits per heavy atom. The van der Waals surface area contributed by atoms with Crippen LogP contribution in [-0.4, -0.2) is 29.9 Å². The van der Waals surface area contributed by atoms with Crippen LogP contribution in [0, 0.1) is 0 Å². The predicted molar refractivity (Wildman–Crippen MR) is 46.7 cm³/mol. The monoisotopic (exact) mass is 167 g/mol. The van der Waals surface area contributed by atoms with E-state index >= 15 is 0 Å². The van der Waals surface area contributed by atoms with E-state index in [4.69, 9.17) is 5.73 Å². The van der Waals surface area contributed by atoms with Crippen LogP contribution in [0.25, 0.3) is 0 Å². The second kappa shape index (κ2) is 3.40. The number of nitrogens with two attached hydrogens (primary N) is 1. The highest BCUT2D eigenvalue weighted by atomic mass is 16.2. The van der Waals surface area contributed by atoms with E-state index in [0.29, 0.717) is 12.2 Å². The van der Waals surface area contributed by atoms with Crippen molar-refractivity contribution < 1.29 is 4.79 Å². The molecule has 0 aliphatic rings. The van der Waals surface area contributed by atoms with Crippen molar-refractivity contribution in [1.82, 2.24) is 9.88 Å². The van der Waals surface area contributed by atoms with Gasteiger partial charge in [-0.15, -0.1) is 0 Å². The molecular weight excluding hydrogens is 154 g/mol. The van der Waals surface area contributed by atoms with E-state index in [9.17, 15) is 4.79 Å². The van der Waals surface area contributed by atoms with Gasteiger partial charge >= 0.3 is 0 Å². The molecule has 1 heterocycles. The Balaban J connectivity index is 2.82. The van der Waals surface area contributed by atoms with E-state index in [2.05, 4.69) is 4.98 Å². The molecule has 0 aliphatic carbocycles. The summed E-state index contributed by atoms with van der Waals surface area (Å²) in [6.45, 7) is 0.431. The summed E-state index contributed by atoms with van der Waals surface area (Å²) in [6.07, 6.45) is 0. The van der Waals surface area contributed by atoms with Crippen molar-refractivity contribution in [2.45, 2.75) is 6.54 Å². The fourth-order valence-electron chi connectivity index (χ4n) is 0.925. The van der Waals surface area contributed by atoms with Crippen molar-refractivity contribution in [3.63, 3.8) is 0 Å². The maximum absolute atomic E-state index is 11.3. The lowest BCUT2D eigenvalue weighted by Crippen LogP contribution is -2.22. The second-order valence-electron chi connectivity index (χ2n) is 2.80. The lowest BCUT2D eigenvalue weighted by atomic mass is 10.4. The quantitative estimate of drug-likeness (QED) is 0.659. The standard InChI is InChI=1S/C8H13N3O/c1-11(2)8(12)7-4-3-6(5-9)10-7/h3-4,10H,5,9H2,1-2H3. The normalized spacial score (nSPS) is 9.92. The van der Waals surface area contributed by atoms with Crippen LogP contribution in [0.1, 0.15) is 16.2 Å². The molecule has 0 atom stereocenters. The highest BCUT2D eigenvalue weighted by Crippen LogP contribution is 2.02. The summed E-state index contributed by atoms with van der Waals surface area (Å²) in [4.78, 5) is 15.8. The smallest absolute Gasteiger partial charge is 0.269 e. The van der Waals surface area contributed by atoms with Crippen molar-refractivity contribution >= 4 is 5.91 Å². The number of amides is 1. The third-order valence-electron chi connectivity index (χ3n) is 1.60. The van der Waals surface area contributed by atoms with Gasteiger partial charge < -0.3 is 15.6 Å². The molecule has 1 aromatic heterocycles. The minimum Gasteiger partial charge on any atom is -0.353 e. The molecule has 4 nitrogen and oxygen atoms in total. The molecule has 0 aliphatic heterocycles. The van der Waals surface area contributed by atoms with Crippen LogP contribution in [0.4, 0.5) is 0 Å². The molecule has 1 aromatic rings. The largest absolute Gasteiger partial charge is 0.353 e. The molecule has 1 amide bonds. The number of H-pyrrole nitrogens is 1. The van der Waals surface area contributed by atoms with Crippen LogP contribution in [0.15, 0.2) is 12.1 Å². The van der Waals surface area contributed by atoms with Gasteiger partial charge in [0.15, 0.2) is 0 Å². The third-order valence-corrected chi connectivity index (χ3v) is 1.60. The molecule has 0 bridgehead atoms. The molecule has 0 aromatic carbocycles. The number of aromatic nitrogens is 1. The Morgan fingerprint density at radius 1 is 1.58 bits per heavy atom. The Hall–Kier alpha value is -1.29. The lowest BCUT2D eigenvalue weighted by Gasteiger charge is -2.07. The van der Waals surface area contributed by atoms with Gasteiger partial charge in [-0.25, -0.2) is 0 Å². The van der Waals surface area contributed by atoms with E-state index in [-0.39, 0.29) is 5.91 Å². The Morgan fingerprint density at radius 2 is 2.25 bits per heavy atom. The molecule has 12 heavy (non-hydrogen) atoms. The average molecular weight is 167 g/mol. The molecule has 4 heteroatoms. The molecule has 0 fully saturated rings. The van der Waals surface area contributed by atoms with Crippen LogP contribution in [0.3, 0.4) is 0 Å². The zero-order valence-electron chi connectivity index (χ0n) is 7.29. The fourth-order valence-corrected chi connectivity index (χ4v) is 0.925. The first-order valence-electron chi connectivity index (χ1n) is 3.74. The summed E-state index contributed by atoms with van der Waals surface area (Å²) in [5.74, 6) is -0.0327. The first kappa shape index (κ1) is 8.80. The van der Waals surface area contributed by atoms with Gasteiger partial charge in [0.1, 0.15) is 5.69 Å². The third kappa shape index (κ3) is 1.65. The van der Waals surface area contributed by atoms with Crippen molar-refractivity contribution in [3.05, 3.63) is 23.5 Å². The summed E-state index contributed by atoms with van der Waals surface area (Å²) >= 11 is 0. The van der Waals surface area contributed by atoms with Gasteiger partial charge in [-0.3, -0.25) is 4.79 Å². The molecule has 0 spiro atoms. The maximum atomic E-state index is 11.3. The number of hydrogen-bond acceptors (Lipinski definition) is 2. The number of aromatic amines is 1. The number of hydrogen-bond donors (Lipinski definition) is 2. The minimum atomic E-state index is -0.0327. The van der Waals surface area contributed by atoms with E-state index in [1.807, 2.05) is 6.07 Å². The highest BCUT2D eigenvalue weighted by Gasteiger charge is 2.08. The number of carbonyl (C=O) groups excluding carboxylic acids is 1. The van der Waals surface area contributed by atoms with E-state index in [0.717, 1.165) is 5.69 Å². The van der Waals surface area contributed by atoms with Crippen LogP contribution in [-0.2, 0) is 6.54 Å². The van der Waals surface area contributed by atoms with Gasteiger partial charge in [0.2, 0.25) is 0 Å². The Bertz CT molecular complexity index is 278. The summed E-state index contributed by atoms with van der Waals surface area (Å²) in [6, 6.07) is 3.56. The van der Waals surface area contributed by atoms with E-state index in [1.54, 1.807) is 20.2 Å². The first-order valence-corrected chi connectivity index (χ1v) is 3.74. The molecule has 1 rings (SSSR count). The number of rotatable bonds is 2. The zero-order chi connectivity index (χ0) is 9.14. The van der Waals surface area contributed by atoms with Crippen LogP contribution < -0.4 is 5.73 Å². The molecule has 0 saturated heterocycles. The lowest BCUT2D eigenvalue weighted by molar-refractivity contribution is 0.0822. The van der Waals surface area contributed by atoms with Crippen LogP contribution >= 0.6 is 0 Å². The number of carbonyl (C=O) groups is 1. The highest BCUT2D eigenvalue weighted by molar-refractivity contribution is 5.92. The van der Waals surface area contributed by atoms with Crippen LogP contribution in [0.5, 0.6) is 0 Å². The van der Waals surface area contributed by atoms with Gasteiger partial charge in [0.05, 0.1) is 0 Å².